The molecule has 0 aliphatic carbocycles. The highest BCUT2D eigenvalue weighted by molar-refractivity contribution is 8.00. The first-order valence-corrected chi connectivity index (χ1v) is 9.77. The van der Waals surface area contributed by atoms with Crippen LogP contribution in [0.15, 0.2) is 62.9 Å². The van der Waals surface area contributed by atoms with Crippen LogP contribution in [-0.4, -0.2) is 23.0 Å². The van der Waals surface area contributed by atoms with Gasteiger partial charge in [0.2, 0.25) is 11.6 Å². The van der Waals surface area contributed by atoms with E-state index in [1.54, 1.807) is 19.1 Å². The summed E-state index contributed by atoms with van der Waals surface area (Å²) in [5.74, 6) is 0.361. The molecule has 0 aliphatic heterocycles. The minimum atomic E-state index is -0.537. The summed E-state index contributed by atoms with van der Waals surface area (Å²) in [7, 11) is 0. The normalized spacial score (nSPS) is 11.8. The molecule has 1 atom stereocenters. The lowest BCUT2D eigenvalue weighted by Gasteiger charge is -2.13. The molecule has 28 heavy (non-hydrogen) atoms. The second-order valence-electron chi connectivity index (χ2n) is 6.14. The van der Waals surface area contributed by atoms with E-state index in [2.05, 4.69) is 10.6 Å². The van der Waals surface area contributed by atoms with Gasteiger partial charge in [-0.05, 0) is 54.6 Å². The highest BCUT2D eigenvalue weighted by Crippen LogP contribution is 2.26. The number of rotatable bonds is 7. The number of thioether (sulfide) groups is 1. The van der Waals surface area contributed by atoms with Gasteiger partial charge in [-0.25, -0.2) is 4.79 Å². The van der Waals surface area contributed by atoms with Crippen LogP contribution in [0.3, 0.4) is 0 Å². The Morgan fingerprint density at radius 1 is 1.25 bits per heavy atom. The zero-order valence-corrected chi connectivity index (χ0v) is 16.7. The van der Waals surface area contributed by atoms with Crippen LogP contribution >= 0.6 is 11.8 Å². The number of benzene rings is 2. The third-order valence-electron chi connectivity index (χ3n) is 4.00. The summed E-state index contributed by atoms with van der Waals surface area (Å²) in [6.45, 7) is 6.09. The first kappa shape index (κ1) is 19.8. The number of aromatic amines is 1. The van der Waals surface area contributed by atoms with Crippen molar-refractivity contribution in [2.24, 2.45) is 0 Å². The van der Waals surface area contributed by atoms with Crippen LogP contribution in [0.25, 0.3) is 5.69 Å². The van der Waals surface area contributed by atoms with Crippen molar-refractivity contribution >= 4 is 23.4 Å². The van der Waals surface area contributed by atoms with Crippen LogP contribution in [0, 0.1) is 6.92 Å². The third-order valence-corrected chi connectivity index (χ3v) is 5.14. The Bertz CT molecular complexity index is 1010. The number of nitrogens with zero attached hydrogens (tertiary/aromatic N) is 1. The minimum Gasteiger partial charge on any atom is -0.492 e. The van der Waals surface area contributed by atoms with Gasteiger partial charge in [0.15, 0.2) is 0 Å². The molecule has 2 aromatic carbocycles. The molecule has 0 fully saturated rings. The number of hydrogen-bond acceptors (Lipinski definition) is 5. The highest BCUT2D eigenvalue weighted by atomic mass is 32.2. The van der Waals surface area contributed by atoms with Crippen molar-refractivity contribution < 1.29 is 18.7 Å². The van der Waals surface area contributed by atoms with Gasteiger partial charge in [0.05, 0.1) is 17.5 Å². The molecule has 7 nitrogen and oxygen atoms in total. The summed E-state index contributed by atoms with van der Waals surface area (Å²) >= 11 is 1.12. The summed E-state index contributed by atoms with van der Waals surface area (Å²) in [4.78, 5) is 24.8. The third kappa shape index (κ3) is 4.45. The summed E-state index contributed by atoms with van der Waals surface area (Å²) in [5.41, 5.74) is 1.91. The zero-order chi connectivity index (χ0) is 20.1. The average Bonchev–Trinajstić information content (AvgIpc) is 3.04. The number of anilines is 1. The van der Waals surface area contributed by atoms with E-state index < -0.39 is 10.9 Å². The first-order valence-electron chi connectivity index (χ1n) is 8.89. The Labute approximate surface area is 166 Å². The van der Waals surface area contributed by atoms with Gasteiger partial charge >= 0.3 is 10.7 Å². The maximum absolute atomic E-state index is 12.7. The second-order valence-corrected chi connectivity index (χ2v) is 7.46. The van der Waals surface area contributed by atoms with Crippen molar-refractivity contribution in [3.63, 3.8) is 0 Å². The first-order chi connectivity index (χ1) is 13.5. The van der Waals surface area contributed by atoms with Crippen molar-refractivity contribution in [2.45, 2.75) is 31.0 Å². The van der Waals surface area contributed by atoms with E-state index in [9.17, 15) is 9.59 Å². The zero-order valence-electron chi connectivity index (χ0n) is 15.9. The number of amides is 1. The van der Waals surface area contributed by atoms with E-state index in [0.717, 1.165) is 23.0 Å². The number of aromatic nitrogens is 2. The summed E-state index contributed by atoms with van der Waals surface area (Å²) < 4.78 is 12.0. The van der Waals surface area contributed by atoms with Crippen LogP contribution in [0.5, 0.6) is 5.75 Å². The number of ether oxygens (including phenoxy) is 1. The molecule has 0 spiro atoms. The van der Waals surface area contributed by atoms with Crippen LogP contribution in [0.4, 0.5) is 5.69 Å². The number of aryl methyl sites for hydroxylation is 1. The molecule has 1 aromatic heterocycles. The number of carbonyl (C=O) groups is 1. The van der Waals surface area contributed by atoms with Crippen molar-refractivity contribution in [1.29, 1.82) is 0 Å². The molecule has 146 valence electrons. The smallest absolute Gasteiger partial charge is 0.442 e. The van der Waals surface area contributed by atoms with Crippen molar-refractivity contribution in [2.75, 3.05) is 11.9 Å². The van der Waals surface area contributed by atoms with E-state index in [4.69, 9.17) is 9.26 Å². The number of nitrogens with one attached hydrogen (secondary N) is 2. The predicted octanol–water partition coefficient (Wildman–Crippen LogP) is 3.07. The average molecular weight is 400 g/mol. The topological polar surface area (TPSA) is 88.2 Å². The lowest BCUT2D eigenvalue weighted by molar-refractivity contribution is -0.704. The molecule has 0 radical (unpaired) electrons. The fraction of sp³-hybridized carbons (Fsp3) is 0.250. The van der Waals surface area contributed by atoms with Crippen molar-refractivity contribution in [1.82, 2.24) is 5.27 Å². The SMILES string of the molecule is CCOc1ccccc1NC(=O)C(C)Sc1c(=O)o[nH][n+]1-c1ccc(C)cc1. The number of H-pyrrole nitrogens is 1. The summed E-state index contributed by atoms with van der Waals surface area (Å²) in [6, 6.07) is 14.8. The van der Waals surface area contributed by atoms with E-state index >= 15 is 0 Å². The Balaban J connectivity index is 1.77. The predicted molar refractivity (Wildman–Crippen MR) is 107 cm³/mol. The van der Waals surface area contributed by atoms with E-state index in [-0.39, 0.29) is 5.91 Å². The second kappa shape index (κ2) is 8.79. The summed E-state index contributed by atoms with van der Waals surface area (Å²) in [5, 5.41) is 5.20. The van der Waals surface area contributed by atoms with Crippen LogP contribution in [-0.2, 0) is 4.79 Å². The molecular weight excluding hydrogens is 378 g/mol. The lowest BCUT2D eigenvalue weighted by Crippen LogP contribution is -2.37. The minimum absolute atomic E-state index is 0.242. The maximum atomic E-state index is 12.7. The van der Waals surface area contributed by atoms with E-state index in [0.29, 0.717) is 23.1 Å². The molecule has 8 heteroatoms. The molecular formula is C20H22N3O4S+. The van der Waals surface area contributed by atoms with Crippen LogP contribution < -0.4 is 20.4 Å². The standard InChI is InChI=1S/C20H21N3O4S/c1-4-26-17-8-6-5-7-16(17)21-18(24)14(3)28-19-20(25)27-22-23(19)15-11-9-13(2)10-12-15/h5-12,14H,4H2,1-3H3,(H-,21,22,24,25)/p+1. The lowest BCUT2D eigenvalue weighted by atomic mass is 10.2. The van der Waals surface area contributed by atoms with Gasteiger partial charge < -0.3 is 10.1 Å². The fourth-order valence-corrected chi connectivity index (χ4v) is 3.42. The van der Waals surface area contributed by atoms with Crippen LogP contribution in [0.1, 0.15) is 19.4 Å². The van der Waals surface area contributed by atoms with Gasteiger partial charge in [-0.2, -0.15) is 0 Å². The Hall–Kier alpha value is -3.00. The largest absolute Gasteiger partial charge is 0.492 e. The Kier molecular flexibility index (Phi) is 6.20. The molecule has 3 rings (SSSR count). The molecule has 1 amide bonds. The number of para-hydroxylation sites is 2. The molecule has 0 bridgehead atoms. The van der Waals surface area contributed by atoms with Gasteiger partial charge in [-0.15, -0.1) is 0 Å². The van der Waals surface area contributed by atoms with Crippen molar-refractivity contribution in [3.8, 4) is 11.4 Å². The van der Waals surface area contributed by atoms with Crippen LogP contribution in [0.2, 0.25) is 0 Å². The van der Waals surface area contributed by atoms with Crippen molar-refractivity contribution in [3.05, 3.63) is 64.5 Å². The maximum Gasteiger partial charge on any atom is 0.442 e. The van der Waals surface area contributed by atoms with E-state index in [1.807, 2.05) is 50.2 Å². The molecule has 2 N–H and O–H groups in total. The molecule has 1 unspecified atom stereocenters. The Morgan fingerprint density at radius 2 is 1.96 bits per heavy atom. The molecule has 3 aromatic rings. The van der Waals surface area contributed by atoms with Gasteiger partial charge in [0.1, 0.15) is 5.75 Å². The van der Waals surface area contributed by atoms with E-state index in [1.165, 1.54) is 4.68 Å². The monoisotopic (exact) mass is 400 g/mol. The fourth-order valence-electron chi connectivity index (χ4n) is 2.53. The molecule has 0 aliphatic rings. The number of carbonyl (C=O) groups excluding carboxylic acids is 1. The molecule has 1 heterocycles. The van der Waals surface area contributed by atoms with Gasteiger partial charge in [0, 0.05) is 12.1 Å². The highest BCUT2D eigenvalue weighted by Gasteiger charge is 2.29. The number of hydrogen-bond donors (Lipinski definition) is 2. The molecule has 0 saturated carbocycles. The molecule has 0 saturated heterocycles. The van der Waals surface area contributed by atoms with Gasteiger partial charge in [0.25, 0.3) is 0 Å². The van der Waals surface area contributed by atoms with Gasteiger partial charge in [-0.3, -0.25) is 9.32 Å². The quantitative estimate of drug-likeness (QED) is 0.470. The van der Waals surface area contributed by atoms with Gasteiger partial charge in [-0.1, -0.05) is 29.8 Å². The Morgan fingerprint density at radius 3 is 2.68 bits per heavy atom. The summed E-state index contributed by atoms with van der Waals surface area (Å²) in [6.07, 6.45) is 0.